The lowest BCUT2D eigenvalue weighted by atomic mass is 10.1. The van der Waals surface area contributed by atoms with Crippen LogP contribution >= 0.6 is 0 Å². The van der Waals surface area contributed by atoms with Gasteiger partial charge in [0.2, 0.25) is 0 Å². The predicted octanol–water partition coefficient (Wildman–Crippen LogP) is 3.72. The summed E-state index contributed by atoms with van der Waals surface area (Å²) in [5.41, 5.74) is 2.66. The minimum Gasteiger partial charge on any atom is -0.370 e. The fourth-order valence-electron chi connectivity index (χ4n) is 1.95. The summed E-state index contributed by atoms with van der Waals surface area (Å²) in [7, 11) is 0. The Morgan fingerprint density at radius 3 is 2.57 bits per heavy atom. The average Bonchev–Trinajstić information content (AvgIpc) is 2.54. The first-order valence-corrected chi connectivity index (χ1v) is 7.33. The largest absolute Gasteiger partial charge is 0.370 e. The smallest absolute Gasteiger partial charge is 0.255 e. The lowest BCUT2D eigenvalue weighted by molar-refractivity contribution is 0.102. The zero-order valence-electron chi connectivity index (χ0n) is 12.5. The van der Waals surface area contributed by atoms with Crippen molar-refractivity contribution in [2.45, 2.75) is 26.7 Å². The van der Waals surface area contributed by atoms with Gasteiger partial charge in [0, 0.05) is 24.0 Å². The van der Waals surface area contributed by atoms with Crippen molar-refractivity contribution < 1.29 is 4.79 Å². The Morgan fingerprint density at radius 2 is 1.90 bits per heavy atom. The van der Waals surface area contributed by atoms with Crippen molar-refractivity contribution in [3.8, 4) is 0 Å². The zero-order chi connectivity index (χ0) is 15.1. The molecule has 2 aromatic rings. The lowest BCUT2D eigenvalue weighted by Crippen LogP contribution is -2.13. The van der Waals surface area contributed by atoms with Crippen molar-refractivity contribution in [3.05, 3.63) is 53.7 Å². The molecule has 1 aromatic carbocycles. The topological polar surface area (TPSA) is 54.0 Å². The molecule has 4 heteroatoms. The number of aryl methyl sites for hydroxylation is 1. The van der Waals surface area contributed by atoms with Crippen LogP contribution in [0.1, 0.15) is 36.2 Å². The second-order valence-electron chi connectivity index (χ2n) is 4.86. The minimum absolute atomic E-state index is 0.124. The number of pyridine rings is 1. The summed E-state index contributed by atoms with van der Waals surface area (Å²) in [6, 6.07) is 11.4. The van der Waals surface area contributed by atoms with Crippen LogP contribution in [0.4, 0.5) is 11.5 Å². The second-order valence-corrected chi connectivity index (χ2v) is 4.86. The van der Waals surface area contributed by atoms with Crippen molar-refractivity contribution >= 4 is 17.4 Å². The van der Waals surface area contributed by atoms with Crippen molar-refractivity contribution in [2.75, 3.05) is 17.2 Å². The highest BCUT2D eigenvalue weighted by atomic mass is 16.1. The number of anilines is 2. The van der Waals surface area contributed by atoms with Gasteiger partial charge < -0.3 is 10.6 Å². The molecule has 2 N–H and O–H groups in total. The Labute approximate surface area is 125 Å². The predicted molar refractivity (Wildman–Crippen MR) is 86.8 cm³/mol. The minimum atomic E-state index is -0.124. The first kappa shape index (κ1) is 15.0. The Bertz CT molecular complexity index is 593. The molecule has 0 atom stereocenters. The first-order valence-electron chi connectivity index (χ1n) is 7.33. The number of aromatic nitrogens is 1. The summed E-state index contributed by atoms with van der Waals surface area (Å²) >= 11 is 0. The van der Waals surface area contributed by atoms with Gasteiger partial charge in [0.05, 0.1) is 0 Å². The van der Waals surface area contributed by atoms with Gasteiger partial charge in [-0.25, -0.2) is 4.98 Å². The zero-order valence-corrected chi connectivity index (χ0v) is 12.5. The van der Waals surface area contributed by atoms with Crippen molar-refractivity contribution in [2.24, 2.45) is 0 Å². The van der Waals surface area contributed by atoms with E-state index in [-0.39, 0.29) is 5.91 Å². The summed E-state index contributed by atoms with van der Waals surface area (Å²) in [6.07, 6.45) is 3.65. The van der Waals surface area contributed by atoms with Crippen LogP contribution in [0.2, 0.25) is 0 Å². The van der Waals surface area contributed by atoms with Gasteiger partial charge in [0.1, 0.15) is 5.82 Å². The van der Waals surface area contributed by atoms with E-state index in [4.69, 9.17) is 0 Å². The standard InChI is InChI=1S/C17H21N3O/c1-3-10-18-16-12-14(9-11-19-16)17(21)20-15-7-5-13(4-2)6-8-15/h5-9,11-12H,3-4,10H2,1-2H3,(H,18,19)(H,20,21). The van der Waals surface area contributed by atoms with Crippen LogP contribution in [-0.4, -0.2) is 17.4 Å². The molecule has 2 rings (SSSR count). The Hall–Kier alpha value is -2.36. The number of benzene rings is 1. The molecule has 0 aliphatic carbocycles. The molecule has 110 valence electrons. The number of carbonyl (C=O) groups is 1. The molecule has 0 aliphatic heterocycles. The number of hydrogen-bond donors (Lipinski definition) is 2. The lowest BCUT2D eigenvalue weighted by Gasteiger charge is -2.08. The second kappa shape index (κ2) is 7.43. The highest BCUT2D eigenvalue weighted by molar-refractivity contribution is 6.04. The van der Waals surface area contributed by atoms with Crippen LogP contribution in [0.25, 0.3) is 0 Å². The molecule has 0 spiro atoms. The average molecular weight is 283 g/mol. The fourth-order valence-corrected chi connectivity index (χ4v) is 1.95. The van der Waals surface area contributed by atoms with Crippen LogP contribution in [0.3, 0.4) is 0 Å². The SMILES string of the molecule is CCCNc1cc(C(=O)Nc2ccc(CC)cc2)ccn1. The van der Waals surface area contributed by atoms with Gasteiger partial charge in [0.15, 0.2) is 0 Å². The molecule has 0 aliphatic rings. The summed E-state index contributed by atoms with van der Waals surface area (Å²) in [5, 5.41) is 6.08. The van der Waals surface area contributed by atoms with Gasteiger partial charge in [-0.3, -0.25) is 4.79 Å². The molecule has 0 unspecified atom stereocenters. The van der Waals surface area contributed by atoms with Gasteiger partial charge >= 0.3 is 0 Å². The van der Waals surface area contributed by atoms with E-state index in [1.165, 1.54) is 5.56 Å². The van der Waals surface area contributed by atoms with E-state index in [2.05, 4.69) is 29.5 Å². The number of rotatable bonds is 6. The summed E-state index contributed by atoms with van der Waals surface area (Å²) in [6.45, 7) is 5.04. The molecule has 1 amide bonds. The van der Waals surface area contributed by atoms with E-state index < -0.39 is 0 Å². The number of carbonyl (C=O) groups excluding carboxylic acids is 1. The van der Waals surface area contributed by atoms with Crippen molar-refractivity contribution in [3.63, 3.8) is 0 Å². The van der Waals surface area contributed by atoms with Crippen molar-refractivity contribution in [1.82, 2.24) is 4.98 Å². The molecule has 4 nitrogen and oxygen atoms in total. The number of hydrogen-bond acceptors (Lipinski definition) is 3. The monoisotopic (exact) mass is 283 g/mol. The van der Waals surface area contributed by atoms with Gasteiger partial charge in [-0.15, -0.1) is 0 Å². The van der Waals surface area contributed by atoms with Crippen LogP contribution in [-0.2, 0) is 6.42 Å². The van der Waals surface area contributed by atoms with E-state index in [9.17, 15) is 4.79 Å². The maximum absolute atomic E-state index is 12.2. The Morgan fingerprint density at radius 1 is 1.14 bits per heavy atom. The van der Waals surface area contributed by atoms with E-state index in [0.29, 0.717) is 5.56 Å². The fraction of sp³-hybridized carbons (Fsp3) is 0.294. The third-order valence-corrected chi connectivity index (χ3v) is 3.20. The van der Waals surface area contributed by atoms with E-state index in [0.717, 1.165) is 30.9 Å². The van der Waals surface area contributed by atoms with Crippen molar-refractivity contribution in [1.29, 1.82) is 0 Å². The van der Waals surface area contributed by atoms with Gasteiger partial charge in [-0.1, -0.05) is 26.0 Å². The quantitative estimate of drug-likeness (QED) is 0.849. The molecular weight excluding hydrogens is 262 g/mol. The van der Waals surface area contributed by atoms with E-state index >= 15 is 0 Å². The molecule has 0 bridgehead atoms. The van der Waals surface area contributed by atoms with Crippen LogP contribution < -0.4 is 10.6 Å². The molecule has 21 heavy (non-hydrogen) atoms. The Kier molecular flexibility index (Phi) is 5.32. The molecule has 1 heterocycles. The van der Waals surface area contributed by atoms with Crippen LogP contribution in [0.5, 0.6) is 0 Å². The third-order valence-electron chi connectivity index (χ3n) is 3.20. The van der Waals surface area contributed by atoms with Gasteiger partial charge in [-0.05, 0) is 42.7 Å². The number of nitrogens with one attached hydrogen (secondary N) is 2. The third kappa shape index (κ3) is 4.31. The molecule has 0 saturated carbocycles. The highest BCUT2D eigenvalue weighted by Crippen LogP contribution is 2.13. The first-order chi connectivity index (χ1) is 10.2. The molecule has 0 radical (unpaired) electrons. The highest BCUT2D eigenvalue weighted by Gasteiger charge is 2.07. The number of amides is 1. The van der Waals surface area contributed by atoms with E-state index in [1.807, 2.05) is 24.3 Å². The van der Waals surface area contributed by atoms with Crippen LogP contribution in [0.15, 0.2) is 42.6 Å². The number of nitrogens with zero attached hydrogens (tertiary/aromatic N) is 1. The molecule has 1 aromatic heterocycles. The van der Waals surface area contributed by atoms with Crippen LogP contribution in [0, 0.1) is 0 Å². The summed E-state index contributed by atoms with van der Waals surface area (Å²) < 4.78 is 0. The molecule has 0 saturated heterocycles. The van der Waals surface area contributed by atoms with Gasteiger partial charge in [0.25, 0.3) is 5.91 Å². The molecule has 0 fully saturated rings. The summed E-state index contributed by atoms with van der Waals surface area (Å²) in [5.74, 6) is 0.604. The summed E-state index contributed by atoms with van der Waals surface area (Å²) in [4.78, 5) is 16.4. The Balaban J connectivity index is 2.05. The maximum Gasteiger partial charge on any atom is 0.255 e. The molecular formula is C17H21N3O. The van der Waals surface area contributed by atoms with E-state index in [1.54, 1.807) is 18.3 Å². The normalized spacial score (nSPS) is 10.2. The maximum atomic E-state index is 12.2. The van der Waals surface area contributed by atoms with Gasteiger partial charge in [-0.2, -0.15) is 0 Å².